The molecule has 1 aromatic rings. The highest BCUT2D eigenvalue weighted by molar-refractivity contribution is 5.78. The van der Waals surface area contributed by atoms with E-state index in [0.717, 1.165) is 38.2 Å². The zero-order chi connectivity index (χ0) is 15.9. The third kappa shape index (κ3) is 5.07. The van der Waals surface area contributed by atoms with Gasteiger partial charge in [-0.3, -0.25) is 9.69 Å². The number of benzene rings is 1. The standard InChI is InChI=1S/C17H26FN3O/c1-13(2)17(14-4-6-15(18)7-5-14)20-16(22)12-21-10-3-8-19-9-11-21/h4-7,13,17,19H,3,8-12H2,1-2H3,(H,20,22). The van der Waals surface area contributed by atoms with Gasteiger partial charge in [0.05, 0.1) is 12.6 Å². The summed E-state index contributed by atoms with van der Waals surface area (Å²) in [4.78, 5) is 14.5. The van der Waals surface area contributed by atoms with Crippen molar-refractivity contribution in [1.29, 1.82) is 0 Å². The molecule has 1 unspecified atom stereocenters. The lowest BCUT2D eigenvalue weighted by Gasteiger charge is -2.25. The first-order valence-corrected chi connectivity index (χ1v) is 8.04. The van der Waals surface area contributed by atoms with Crippen LogP contribution >= 0.6 is 0 Å². The molecule has 1 atom stereocenters. The van der Waals surface area contributed by atoms with Gasteiger partial charge in [0.1, 0.15) is 5.82 Å². The van der Waals surface area contributed by atoms with E-state index in [9.17, 15) is 9.18 Å². The molecule has 1 aliphatic heterocycles. The second-order valence-electron chi connectivity index (χ2n) is 6.22. The van der Waals surface area contributed by atoms with Crippen LogP contribution in [0.25, 0.3) is 0 Å². The molecule has 1 heterocycles. The molecule has 1 fully saturated rings. The maximum atomic E-state index is 13.1. The van der Waals surface area contributed by atoms with Crippen molar-refractivity contribution in [2.75, 3.05) is 32.7 Å². The monoisotopic (exact) mass is 307 g/mol. The minimum absolute atomic E-state index is 0.0323. The Kier molecular flexibility index (Phi) is 6.34. The predicted octanol–water partition coefficient (Wildman–Crippen LogP) is 1.93. The first-order valence-electron chi connectivity index (χ1n) is 8.04. The number of carbonyl (C=O) groups is 1. The Balaban J connectivity index is 1.95. The molecule has 122 valence electrons. The number of hydrogen-bond acceptors (Lipinski definition) is 3. The number of halogens is 1. The normalized spacial score (nSPS) is 18.0. The molecular weight excluding hydrogens is 281 g/mol. The lowest BCUT2D eigenvalue weighted by atomic mass is 9.96. The fourth-order valence-electron chi connectivity index (χ4n) is 2.79. The van der Waals surface area contributed by atoms with E-state index < -0.39 is 0 Å². The summed E-state index contributed by atoms with van der Waals surface area (Å²) in [7, 11) is 0. The number of nitrogens with zero attached hydrogens (tertiary/aromatic N) is 1. The average molecular weight is 307 g/mol. The molecule has 0 radical (unpaired) electrons. The van der Waals surface area contributed by atoms with Crippen LogP contribution in [0.5, 0.6) is 0 Å². The van der Waals surface area contributed by atoms with Crippen molar-refractivity contribution in [3.8, 4) is 0 Å². The second-order valence-corrected chi connectivity index (χ2v) is 6.22. The lowest BCUT2D eigenvalue weighted by molar-refractivity contribution is -0.123. The van der Waals surface area contributed by atoms with E-state index in [-0.39, 0.29) is 23.7 Å². The van der Waals surface area contributed by atoms with Gasteiger partial charge in [-0.2, -0.15) is 0 Å². The molecule has 22 heavy (non-hydrogen) atoms. The van der Waals surface area contributed by atoms with E-state index in [0.29, 0.717) is 6.54 Å². The molecule has 0 aromatic heterocycles. The van der Waals surface area contributed by atoms with Gasteiger partial charge in [-0.25, -0.2) is 4.39 Å². The van der Waals surface area contributed by atoms with Gasteiger partial charge in [0.2, 0.25) is 5.91 Å². The van der Waals surface area contributed by atoms with Gasteiger partial charge in [-0.15, -0.1) is 0 Å². The van der Waals surface area contributed by atoms with Crippen molar-refractivity contribution in [2.45, 2.75) is 26.3 Å². The van der Waals surface area contributed by atoms with Crippen LogP contribution in [0.1, 0.15) is 31.9 Å². The quantitative estimate of drug-likeness (QED) is 0.874. The predicted molar refractivity (Wildman–Crippen MR) is 86.0 cm³/mol. The molecule has 0 spiro atoms. The summed E-state index contributed by atoms with van der Waals surface area (Å²) in [6.07, 6.45) is 1.07. The van der Waals surface area contributed by atoms with Crippen LogP contribution in [0.3, 0.4) is 0 Å². The van der Waals surface area contributed by atoms with Crippen molar-refractivity contribution in [1.82, 2.24) is 15.5 Å². The third-order valence-corrected chi connectivity index (χ3v) is 4.01. The molecule has 4 nitrogen and oxygen atoms in total. The zero-order valence-corrected chi connectivity index (χ0v) is 13.4. The van der Waals surface area contributed by atoms with Gasteiger partial charge in [0, 0.05) is 13.1 Å². The topological polar surface area (TPSA) is 44.4 Å². The van der Waals surface area contributed by atoms with Crippen LogP contribution in [0.2, 0.25) is 0 Å². The van der Waals surface area contributed by atoms with E-state index in [1.54, 1.807) is 12.1 Å². The molecule has 1 aromatic carbocycles. The van der Waals surface area contributed by atoms with E-state index in [1.807, 2.05) is 0 Å². The van der Waals surface area contributed by atoms with Crippen molar-refractivity contribution >= 4 is 5.91 Å². The maximum Gasteiger partial charge on any atom is 0.234 e. The summed E-state index contributed by atoms with van der Waals surface area (Å²) in [5.41, 5.74) is 0.947. The minimum atomic E-state index is -0.255. The van der Waals surface area contributed by atoms with Crippen LogP contribution in [-0.2, 0) is 4.79 Å². The van der Waals surface area contributed by atoms with Crippen LogP contribution < -0.4 is 10.6 Å². The summed E-state index contributed by atoms with van der Waals surface area (Å²) in [6.45, 7) is 8.33. The van der Waals surface area contributed by atoms with E-state index in [1.165, 1.54) is 12.1 Å². The molecular formula is C17H26FN3O. The van der Waals surface area contributed by atoms with Gasteiger partial charge >= 0.3 is 0 Å². The van der Waals surface area contributed by atoms with Crippen molar-refractivity contribution < 1.29 is 9.18 Å². The smallest absolute Gasteiger partial charge is 0.234 e. The molecule has 2 rings (SSSR count). The number of amides is 1. The summed E-state index contributed by atoms with van der Waals surface area (Å²) < 4.78 is 13.1. The van der Waals surface area contributed by atoms with E-state index in [4.69, 9.17) is 0 Å². The highest BCUT2D eigenvalue weighted by Crippen LogP contribution is 2.21. The molecule has 5 heteroatoms. The Hall–Kier alpha value is -1.46. The Morgan fingerprint density at radius 2 is 2.00 bits per heavy atom. The Morgan fingerprint density at radius 3 is 2.68 bits per heavy atom. The van der Waals surface area contributed by atoms with Gasteiger partial charge < -0.3 is 10.6 Å². The van der Waals surface area contributed by atoms with Crippen LogP contribution in [0.4, 0.5) is 4.39 Å². The minimum Gasteiger partial charge on any atom is -0.348 e. The highest BCUT2D eigenvalue weighted by Gasteiger charge is 2.20. The molecule has 0 bridgehead atoms. The SMILES string of the molecule is CC(C)C(NC(=O)CN1CCCNCC1)c1ccc(F)cc1. The molecule has 1 saturated heterocycles. The number of nitrogens with one attached hydrogen (secondary N) is 2. The Labute approximate surface area is 132 Å². The van der Waals surface area contributed by atoms with Gasteiger partial charge in [0.15, 0.2) is 0 Å². The fourth-order valence-corrected chi connectivity index (χ4v) is 2.79. The lowest BCUT2D eigenvalue weighted by Crippen LogP contribution is -2.41. The van der Waals surface area contributed by atoms with Gasteiger partial charge in [0.25, 0.3) is 0 Å². The highest BCUT2D eigenvalue weighted by atomic mass is 19.1. The Bertz CT molecular complexity index is 467. The van der Waals surface area contributed by atoms with Crippen LogP contribution in [0, 0.1) is 11.7 Å². The third-order valence-electron chi connectivity index (χ3n) is 4.01. The maximum absolute atomic E-state index is 13.1. The van der Waals surface area contributed by atoms with E-state index >= 15 is 0 Å². The summed E-state index contributed by atoms with van der Waals surface area (Å²) in [6, 6.07) is 6.29. The molecule has 2 N–H and O–H groups in total. The van der Waals surface area contributed by atoms with Crippen molar-refractivity contribution in [2.24, 2.45) is 5.92 Å². The second kappa shape index (κ2) is 8.25. The summed E-state index contributed by atoms with van der Waals surface area (Å²) >= 11 is 0. The van der Waals surface area contributed by atoms with Crippen molar-refractivity contribution in [3.05, 3.63) is 35.6 Å². The number of carbonyl (C=O) groups excluding carboxylic acids is 1. The summed E-state index contributed by atoms with van der Waals surface area (Å²) in [5, 5.41) is 6.43. The molecule has 1 aliphatic rings. The molecule has 0 saturated carbocycles. The largest absolute Gasteiger partial charge is 0.348 e. The van der Waals surface area contributed by atoms with Crippen LogP contribution in [-0.4, -0.2) is 43.5 Å². The van der Waals surface area contributed by atoms with E-state index in [2.05, 4.69) is 29.4 Å². The Morgan fingerprint density at radius 1 is 1.27 bits per heavy atom. The zero-order valence-electron chi connectivity index (χ0n) is 13.4. The number of rotatable bonds is 5. The molecule has 1 amide bonds. The van der Waals surface area contributed by atoms with Gasteiger partial charge in [-0.1, -0.05) is 26.0 Å². The van der Waals surface area contributed by atoms with Gasteiger partial charge in [-0.05, 0) is 43.1 Å². The first-order chi connectivity index (χ1) is 10.6. The first kappa shape index (κ1) is 16.9. The molecule has 0 aliphatic carbocycles. The number of hydrogen-bond donors (Lipinski definition) is 2. The fraction of sp³-hybridized carbons (Fsp3) is 0.588. The van der Waals surface area contributed by atoms with Crippen LogP contribution in [0.15, 0.2) is 24.3 Å². The summed E-state index contributed by atoms with van der Waals surface area (Å²) in [5.74, 6) is 0.0276. The van der Waals surface area contributed by atoms with Crippen molar-refractivity contribution in [3.63, 3.8) is 0 Å². The average Bonchev–Trinajstić information content (AvgIpc) is 2.74.